The maximum atomic E-state index is 11.9. The van der Waals surface area contributed by atoms with Crippen LogP contribution >= 0.6 is 0 Å². The van der Waals surface area contributed by atoms with Crippen molar-refractivity contribution in [2.45, 2.75) is 32.6 Å². The third kappa shape index (κ3) is 5.37. The van der Waals surface area contributed by atoms with Crippen molar-refractivity contribution in [2.75, 3.05) is 6.54 Å². The first-order chi connectivity index (χ1) is 13.3. The minimum atomic E-state index is -0.443. The van der Waals surface area contributed by atoms with Crippen LogP contribution in [-0.2, 0) is 0 Å². The van der Waals surface area contributed by atoms with Crippen LogP contribution in [0.3, 0.4) is 0 Å². The summed E-state index contributed by atoms with van der Waals surface area (Å²) in [6.45, 7) is 2.77. The molecule has 3 rings (SSSR count). The van der Waals surface area contributed by atoms with Crippen molar-refractivity contribution in [3.8, 4) is 28.3 Å². The summed E-state index contributed by atoms with van der Waals surface area (Å²) in [6, 6.07) is 9.19. The van der Waals surface area contributed by atoms with Crippen molar-refractivity contribution >= 4 is 6.09 Å². The molecular formula is C20H22N4O3. The van der Waals surface area contributed by atoms with Gasteiger partial charge in [-0.05, 0) is 30.2 Å². The van der Waals surface area contributed by atoms with Gasteiger partial charge in [0.25, 0.3) is 0 Å². The third-order valence-electron chi connectivity index (χ3n) is 4.02. The molecule has 0 fully saturated rings. The van der Waals surface area contributed by atoms with Crippen LogP contribution in [0.25, 0.3) is 22.6 Å². The third-order valence-corrected chi connectivity index (χ3v) is 4.02. The Bertz CT molecular complexity index is 865. The van der Waals surface area contributed by atoms with Gasteiger partial charge in [-0.3, -0.25) is 4.98 Å². The van der Waals surface area contributed by atoms with E-state index >= 15 is 0 Å². The number of unbranched alkanes of at least 4 members (excludes halogenated alkanes) is 3. The van der Waals surface area contributed by atoms with E-state index in [2.05, 4.69) is 27.4 Å². The van der Waals surface area contributed by atoms with Crippen molar-refractivity contribution in [3.63, 3.8) is 0 Å². The van der Waals surface area contributed by atoms with Gasteiger partial charge in [0.15, 0.2) is 0 Å². The molecule has 7 nitrogen and oxygen atoms in total. The van der Waals surface area contributed by atoms with Gasteiger partial charge in [-0.25, -0.2) is 4.79 Å². The van der Waals surface area contributed by atoms with Crippen LogP contribution in [0.5, 0.6) is 5.75 Å². The molecule has 0 saturated carbocycles. The molecule has 3 aromatic rings. The molecule has 1 aromatic carbocycles. The average Bonchev–Trinajstić information content (AvgIpc) is 3.23. The van der Waals surface area contributed by atoms with E-state index in [-0.39, 0.29) is 0 Å². The van der Waals surface area contributed by atoms with Crippen molar-refractivity contribution in [1.29, 1.82) is 0 Å². The fourth-order valence-electron chi connectivity index (χ4n) is 2.64. The molecule has 1 N–H and O–H groups in total. The summed E-state index contributed by atoms with van der Waals surface area (Å²) < 4.78 is 10.6. The second-order valence-electron chi connectivity index (χ2n) is 6.11. The zero-order valence-electron chi connectivity index (χ0n) is 15.2. The molecule has 0 atom stereocenters. The Morgan fingerprint density at radius 1 is 1.11 bits per heavy atom. The maximum absolute atomic E-state index is 11.9. The Balaban J connectivity index is 1.64. The number of hydrogen-bond donors (Lipinski definition) is 1. The molecule has 0 radical (unpaired) electrons. The Kier molecular flexibility index (Phi) is 6.51. The number of amides is 1. The highest BCUT2D eigenvalue weighted by Crippen LogP contribution is 2.26. The SMILES string of the molecule is CCCCCCNC(=O)Oc1cccc(-c2cncc(-c3nnco3)c2)c1. The zero-order chi connectivity index (χ0) is 18.9. The number of hydrogen-bond acceptors (Lipinski definition) is 6. The molecule has 0 spiro atoms. The van der Waals surface area contributed by atoms with Gasteiger partial charge in [-0.15, -0.1) is 10.2 Å². The summed E-state index contributed by atoms with van der Waals surface area (Å²) in [4.78, 5) is 16.2. The number of rotatable bonds is 8. The van der Waals surface area contributed by atoms with Crippen LogP contribution < -0.4 is 10.1 Å². The molecule has 1 amide bonds. The van der Waals surface area contributed by atoms with Gasteiger partial charge in [0, 0.05) is 24.5 Å². The topological polar surface area (TPSA) is 90.1 Å². The Morgan fingerprint density at radius 2 is 2.00 bits per heavy atom. The lowest BCUT2D eigenvalue weighted by atomic mass is 10.1. The van der Waals surface area contributed by atoms with Crippen LogP contribution in [0.1, 0.15) is 32.6 Å². The smallest absolute Gasteiger partial charge is 0.412 e. The first kappa shape index (κ1) is 18.6. The van der Waals surface area contributed by atoms with E-state index < -0.39 is 6.09 Å². The number of carbonyl (C=O) groups excluding carboxylic acids is 1. The summed E-state index contributed by atoms with van der Waals surface area (Å²) >= 11 is 0. The molecule has 2 heterocycles. The van der Waals surface area contributed by atoms with E-state index in [9.17, 15) is 4.79 Å². The molecule has 140 valence electrons. The van der Waals surface area contributed by atoms with Gasteiger partial charge in [0.1, 0.15) is 5.75 Å². The first-order valence-corrected chi connectivity index (χ1v) is 9.04. The summed E-state index contributed by atoms with van der Waals surface area (Å²) in [6.07, 6.45) is 8.62. The molecular weight excluding hydrogens is 344 g/mol. The lowest BCUT2D eigenvalue weighted by Crippen LogP contribution is -2.27. The zero-order valence-corrected chi connectivity index (χ0v) is 15.2. The van der Waals surface area contributed by atoms with Gasteiger partial charge in [0.2, 0.25) is 12.3 Å². The highest BCUT2D eigenvalue weighted by atomic mass is 16.6. The number of nitrogens with one attached hydrogen (secondary N) is 1. The minimum Gasteiger partial charge on any atom is -0.423 e. The number of aromatic nitrogens is 3. The van der Waals surface area contributed by atoms with Crippen molar-refractivity contribution in [2.24, 2.45) is 0 Å². The largest absolute Gasteiger partial charge is 0.423 e. The van der Waals surface area contributed by atoms with Gasteiger partial charge in [-0.2, -0.15) is 0 Å². The van der Waals surface area contributed by atoms with E-state index in [1.165, 1.54) is 19.2 Å². The number of carbonyl (C=O) groups is 1. The number of nitrogens with zero attached hydrogens (tertiary/aromatic N) is 3. The summed E-state index contributed by atoms with van der Waals surface area (Å²) in [5, 5.41) is 10.3. The van der Waals surface area contributed by atoms with E-state index in [0.717, 1.165) is 29.5 Å². The van der Waals surface area contributed by atoms with Crippen LogP contribution in [0.15, 0.2) is 53.5 Å². The average molecular weight is 366 g/mol. The van der Waals surface area contributed by atoms with Crippen LogP contribution in [0.2, 0.25) is 0 Å². The summed E-state index contributed by atoms with van der Waals surface area (Å²) in [5.41, 5.74) is 2.45. The molecule has 0 unspecified atom stereocenters. The van der Waals surface area contributed by atoms with Crippen molar-refractivity contribution in [1.82, 2.24) is 20.5 Å². The maximum Gasteiger partial charge on any atom is 0.412 e. The summed E-state index contributed by atoms with van der Waals surface area (Å²) in [5.74, 6) is 0.876. The number of pyridine rings is 1. The van der Waals surface area contributed by atoms with Crippen molar-refractivity contribution < 1.29 is 13.9 Å². The van der Waals surface area contributed by atoms with Gasteiger partial charge in [-0.1, -0.05) is 38.3 Å². The lowest BCUT2D eigenvalue weighted by Gasteiger charge is -2.08. The van der Waals surface area contributed by atoms with E-state index in [0.29, 0.717) is 18.2 Å². The Hall–Kier alpha value is -3.22. The minimum absolute atomic E-state index is 0.402. The molecule has 0 saturated heterocycles. The quantitative estimate of drug-likeness (QED) is 0.592. The Labute approximate surface area is 157 Å². The summed E-state index contributed by atoms with van der Waals surface area (Å²) in [7, 11) is 0. The van der Waals surface area contributed by atoms with Crippen LogP contribution in [0.4, 0.5) is 4.79 Å². The molecule has 0 aliphatic carbocycles. The standard InChI is InChI=1S/C20H22N4O3/c1-2-3-4-5-9-22-20(25)27-18-8-6-7-15(11-18)16-10-17(13-21-12-16)19-24-23-14-26-19/h6-8,10-14H,2-5,9H2,1H3,(H,22,25). The van der Waals surface area contributed by atoms with Gasteiger partial charge < -0.3 is 14.5 Å². The fourth-order valence-corrected chi connectivity index (χ4v) is 2.64. The molecule has 0 aliphatic rings. The fraction of sp³-hybridized carbons (Fsp3) is 0.300. The van der Waals surface area contributed by atoms with E-state index in [1.807, 2.05) is 18.2 Å². The predicted octanol–water partition coefficient (Wildman–Crippen LogP) is 4.47. The molecule has 2 aromatic heterocycles. The molecule has 7 heteroatoms. The number of ether oxygens (including phenoxy) is 1. The number of benzene rings is 1. The van der Waals surface area contributed by atoms with Gasteiger partial charge >= 0.3 is 6.09 Å². The van der Waals surface area contributed by atoms with Crippen LogP contribution in [0, 0.1) is 0 Å². The van der Waals surface area contributed by atoms with Gasteiger partial charge in [0.05, 0.1) is 5.56 Å². The van der Waals surface area contributed by atoms with Crippen molar-refractivity contribution in [3.05, 3.63) is 49.1 Å². The first-order valence-electron chi connectivity index (χ1n) is 9.04. The molecule has 27 heavy (non-hydrogen) atoms. The predicted molar refractivity (Wildman–Crippen MR) is 101 cm³/mol. The monoisotopic (exact) mass is 366 g/mol. The highest BCUT2D eigenvalue weighted by Gasteiger charge is 2.09. The lowest BCUT2D eigenvalue weighted by molar-refractivity contribution is 0.200. The Morgan fingerprint density at radius 3 is 2.81 bits per heavy atom. The normalized spacial score (nSPS) is 10.6. The molecule has 0 aliphatic heterocycles. The molecule has 0 bridgehead atoms. The second kappa shape index (κ2) is 9.47. The van der Waals surface area contributed by atoms with E-state index in [4.69, 9.17) is 9.15 Å². The second-order valence-corrected chi connectivity index (χ2v) is 6.11. The van der Waals surface area contributed by atoms with Crippen LogP contribution in [-0.4, -0.2) is 27.8 Å². The highest BCUT2D eigenvalue weighted by molar-refractivity contribution is 5.73. The van der Waals surface area contributed by atoms with E-state index in [1.54, 1.807) is 24.5 Å².